The monoisotopic (exact) mass is 559 g/mol. The first-order chi connectivity index (χ1) is 17.7. The highest BCUT2D eigenvalue weighted by molar-refractivity contribution is 7.99. The summed E-state index contributed by atoms with van der Waals surface area (Å²) in [7, 11) is 0. The summed E-state index contributed by atoms with van der Waals surface area (Å²) in [6, 6.07) is 12.6. The summed E-state index contributed by atoms with van der Waals surface area (Å²) < 4.78 is 3.57. The van der Waals surface area contributed by atoms with Crippen molar-refractivity contribution in [1.29, 1.82) is 0 Å². The lowest BCUT2D eigenvalue weighted by molar-refractivity contribution is -0.386. The summed E-state index contributed by atoms with van der Waals surface area (Å²) in [6.07, 6.45) is 0. The second-order valence-corrected chi connectivity index (χ2v) is 9.93. The third kappa shape index (κ3) is 5.95. The Morgan fingerprint density at radius 1 is 1.14 bits per heavy atom. The average molecular weight is 560 g/mol. The van der Waals surface area contributed by atoms with Gasteiger partial charge < -0.3 is 9.88 Å². The number of nitrogens with one attached hydrogen (secondary N) is 1. The molecule has 0 radical (unpaired) electrons. The van der Waals surface area contributed by atoms with Gasteiger partial charge in [-0.25, -0.2) is 0 Å². The zero-order chi connectivity index (χ0) is 26.7. The molecule has 0 fully saturated rings. The van der Waals surface area contributed by atoms with Gasteiger partial charge in [0, 0.05) is 17.1 Å². The second-order valence-electron chi connectivity index (χ2n) is 8.14. The highest BCUT2D eigenvalue weighted by Crippen LogP contribution is 2.28. The number of hydrogen-bond acceptors (Lipinski definition) is 7. The van der Waals surface area contributed by atoms with E-state index in [1.54, 1.807) is 36.7 Å². The quantitative estimate of drug-likeness (QED) is 0.157. The first-order valence-corrected chi connectivity index (χ1v) is 13.0. The van der Waals surface area contributed by atoms with Gasteiger partial charge in [0.15, 0.2) is 11.0 Å². The summed E-state index contributed by atoms with van der Waals surface area (Å²) in [5.41, 5.74) is 3.25. The van der Waals surface area contributed by atoms with E-state index in [1.165, 1.54) is 11.8 Å². The molecule has 0 saturated carbocycles. The van der Waals surface area contributed by atoms with Crippen molar-refractivity contribution in [2.45, 2.75) is 39.0 Å². The molecule has 0 bridgehead atoms. The first-order valence-electron chi connectivity index (χ1n) is 11.3. The van der Waals surface area contributed by atoms with E-state index in [2.05, 4.69) is 20.6 Å². The van der Waals surface area contributed by atoms with Crippen LogP contribution < -0.4 is 5.32 Å². The zero-order valence-corrected chi connectivity index (χ0v) is 22.6. The van der Waals surface area contributed by atoms with Crippen LogP contribution in [-0.2, 0) is 17.9 Å². The smallest absolute Gasteiger partial charge is 0.312 e. The van der Waals surface area contributed by atoms with Gasteiger partial charge in [-0.3, -0.25) is 19.6 Å². The van der Waals surface area contributed by atoms with Crippen molar-refractivity contribution >= 4 is 52.2 Å². The molecular weight excluding hydrogens is 537 g/mol. The van der Waals surface area contributed by atoms with Crippen LogP contribution in [-0.4, -0.2) is 41.1 Å². The molecule has 2 aromatic carbocycles. The van der Waals surface area contributed by atoms with Gasteiger partial charge in [0.1, 0.15) is 11.4 Å². The van der Waals surface area contributed by atoms with Gasteiger partial charge in [-0.2, -0.15) is 5.10 Å². The third-order valence-electron chi connectivity index (χ3n) is 5.64. The van der Waals surface area contributed by atoms with Crippen LogP contribution >= 0.6 is 35.0 Å². The molecule has 13 heteroatoms. The lowest BCUT2D eigenvalue weighted by Crippen LogP contribution is -2.15. The van der Waals surface area contributed by atoms with Gasteiger partial charge in [0.25, 0.3) is 0 Å². The lowest BCUT2D eigenvalue weighted by atomic mass is 10.1. The molecule has 10 nitrogen and oxygen atoms in total. The van der Waals surface area contributed by atoms with Crippen molar-refractivity contribution in [2.75, 3.05) is 11.1 Å². The molecule has 0 saturated heterocycles. The number of aromatic nitrogens is 5. The molecule has 0 atom stereocenters. The van der Waals surface area contributed by atoms with Gasteiger partial charge in [-0.15, -0.1) is 10.2 Å². The van der Waals surface area contributed by atoms with Crippen molar-refractivity contribution in [3.63, 3.8) is 0 Å². The minimum Gasteiger partial charge on any atom is -0.324 e. The maximum atomic E-state index is 12.4. The maximum Gasteiger partial charge on any atom is 0.312 e. The number of amides is 1. The van der Waals surface area contributed by atoms with Crippen LogP contribution in [0.25, 0.3) is 11.4 Å². The van der Waals surface area contributed by atoms with E-state index in [0.717, 1.165) is 11.1 Å². The van der Waals surface area contributed by atoms with Gasteiger partial charge in [0.2, 0.25) is 5.91 Å². The number of thioether (sulfide) groups is 1. The van der Waals surface area contributed by atoms with Crippen LogP contribution in [0.15, 0.2) is 47.6 Å². The van der Waals surface area contributed by atoms with Crippen molar-refractivity contribution in [2.24, 2.45) is 0 Å². The summed E-state index contributed by atoms with van der Waals surface area (Å²) in [5.74, 6) is 0.583. The second kappa shape index (κ2) is 11.3. The van der Waals surface area contributed by atoms with Crippen molar-refractivity contribution in [1.82, 2.24) is 24.5 Å². The molecule has 2 aromatic heterocycles. The number of halogens is 2. The highest BCUT2D eigenvalue weighted by atomic mass is 35.5. The molecule has 4 aromatic rings. The molecule has 0 spiro atoms. The third-order valence-corrected chi connectivity index (χ3v) is 7.16. The fraction of sp³-hybridized carbons (Fsp3) is 0.250. The van der Waals surface area contributed by atoms with E-state index in [1.807, 2.05) is 35.8 Å². The standard InChI is InChI=1S/C24H23Cl2N7O3S/c1-4-31-23(28-29-24(31)37-13-21(34)27-20-10-9-18(25)11-19(20)26)17-7-5-16(6-8-17)12-32-15(3)22(33(35)36)14(2)30-32/h5-11H,4,12-13H2,1-3H3,(H,27,34). The molecule has 0 aliphatic heterocycles. The highest BCUT2D eigenvalue weighted by Gasteiger charge is 2.22. The largest absolute Gasteiger partial charge is 0.324 e. The molecular formula is C24H23Cl2N7O3S. The summed E-state index contributed by atoms with van der Waals surface area (Å²) in [4.78, 5) is 23.3. The van der Waals surface area contributed by atoms with Gasteiger partial charge >= 0.3 is 5.69 Å². The number of anilines is 1. The van der Waals surface area contributed by atoms with E-state index in [-0.39, 0.29) is 17.3 Å². The number of carbonyl (C=O) groups is 1. The van der Waals surface area contributed by atoms with E-state index < -0.39 is 4.92 Å². The van der Waals surface area contributed by atoms with Gasteiger partial charge in [-0.05, 0) is 44.5 Å². The molecule has 37 heavy (non-hydrogen) atoms. The SMILES string of the molecule is CCn1c(SCC(=O)Nc2ccc(Cl)cc2Cl)nnc1-c1ccc(Cn2nc(C)c([N+](=O)[O-])c2C)cc1. The topological polar surface area (TPSA) is 121 Å². The van der Waals surface area contributed by atoms with Crippen molar-refractivity contribution < 1.29 is 9.72 Å². The van der Waals surface area contributed by atoms with E-state index in [4.69, 9.17) is 23.2 Å². The Hall–Kier alpha value is -3.41. The van der Waals surface area contributed by atoms with E-state index in [0.29, 0.717) is 51.2 Å². The number of nitro groups is 1. The Labute approximate surface area is 227 Å². The maximum absolute atomic E-state index is 12.4. The molecule has 0 aliphatic rings. The summed E-state index contributed by atoms with van der Waals surface area (Å²) in [5, 5.41) is 28.4. The van der Waals surface area contributed by atoms with E-state index in [9.17, 15) is 14.9 Å². The Morgan fingerprint density at radius 2 is 1.86 bits per heavy atom. The number of nitrogens with zero attached hydrogens (tertiary/aromatic N) is 6. The Balaban J connectivity index is 1.44. The molecule has 2 heterocycles. The van der Waals surface area contributed by atoms with E-state index >= 15 is 0 Å². The first kappa shape index (κ1) is 26.6. The lowest BCUT2D eigenvalue weighted by Gasteiger charge is -2.09. The molecule has 192 valence electrons. The van der Waals surface area contributed by atoms with Crippen LogP contribution in [0, 0.1) is 24.0 Å². The predicted molar refractivity (Wildman–Crippen MR) is 144 cm³/mol. The normalized spacial score (nSPS) is 11.1. The predicted octanol–water partition coefficient (Wildman–Crippen LogP) is 5.77. The zero-order valence-electron chi connectivity index (χ0n) is 20.2. The Morgan fingerprint density at radius 3 is 2.49 bits per heavy atom. The number of carbonyl (C=O) groups excluding carboxylic acids is 1. The van der Waals surface area contributed by atoms with Crippen LogP contribution in [0.4, 0.5) is 11.4 Å². The van der Waals surface area contributed by atoms with Crippen LogP contribution in [0.3, 0.4) is 0 Å². The minimum absolute atomic E-state index is 0.0441. The van der Waals surface area contributed by atoms with Crippen molar-refractivity contribution in [3.8, 4) is 11.4 Å². The number of rotatable bonds is 9. The number of aryl methyl sites for hydroxylation is 1. The van der Waals surface area contributed by atoms with Crippen LogP contribution in [0.5, 0.6) is 0 Å². The fourth-order valence-electron chi connectivity index (χ4n) is 3.84. The van der Waals surface area contributed by atoms with Crippen LogP contribution in [0.1, 0.15) is 23.9 Å². The minimum atomic E-state index is -0.402. The fourth-order valence-corrected chi connectivity index (χ4v) is 5.10. The molecule has 4 rings (SSSR count). The summed E-state index contributed by atoms with van der Waals surface area (Å²) in [6.45, 7) is 6.34. The Kier molecular flexibility index (Phi) is 8.16. The Bertz CT molecular complexity index is 1470. The molecule has 1 amide bonds. The number of benzene rings is 2. The molecule has 0 unspecified atom stereocenters. The van der Waals surface area contributed by atoms with Gasteiger partial charge in [0.05, 0.1) is 27.9 Å². The van der Waals surface area contributed by atoms with Crippen LogP contribution in [0.2, 0.25) is 10.0 Å². The summed E-state index contributed by atoms with van der Waals surface area (Å²) >= 11 is 13.3. The van der Waals surface area contributed by atoms with Crippen molar-refractivity contribution in [3.05, 3.63) is 79.6 Å². The molecule has 1 N–H and O–H groups in total. The average Bonchev–Trinajstić information content (AvgIpc) is 3.39. The van der Waals surface area contributed by atoms with Gasteiger partial charge in [-0.1, -0.05) is 59.2 Å². The molecule has 0 aliphatic carbocycles. The number of hydrogen-bond donors (Lipinski definition) is 1.